The Morgan fingerprint density at radius 1 is 0.400 bits per heavy atom. The highest BCUT2D eigenvalue weighted by atomic mass is 31.2. The van der Waals surface area contributed by atoms with E-state index in [1.807, 2.05) is 21.1 Å². The maximum Gasteiger partial charge on any atom is 0.306 e. The van der Waals surface area contributed by atoms with Crippen LogP contribution in [0.15, 0.2) is 72.9 Å². The number of likely N-dealkylation sites (N-methyl/N-ethyl adjacent to an activating group) is 1. The Hall–Kier alpha value is -2.55. The van der Waals surface area contributed by atoms with Gasteiger partial charge in [-0.05, 0) is 83.5 Å². The summed E-state index contributed by atoms with van der Waals surface area (Å²) in [7, 11) is 1.17. The van der Waals surface area contributed by atoms with Crippen LogP contribution in [0.2, 0.25) is 0 Å². The van der Waals surface area contributed by atoms with Gasteiger partial charge in [-0.1, -0.05) is 286 Å². The molecule has 0 fully saturated rings. The fourth-order valence-corrected chi connectivity index (χ4v) is 10.3. The second kappa shape index (κ2) is 61.0. The van der Waals surface area contributed by atoms with E-state index in [1.54, 1.807) is 0 Å². The van der Waals surface area contributed by atoms with Gasteiger partial charge in [0.15, 0.2) is 6.10 Å². The Morgan fingerprint density at radius 3 is 1.06 bits per heavy atom. The van der Waals surface area contributed by atoms with E-state index < -0.39 is 26.5 Å². The summed E-state index contributed by atoms with van der Waals surface area (Å²) in [5.74, 6) is -0.822. The molecular formula is C70H128NO8P. The minimum absolute atomic E-state index is 0.0311. The summed E-state index contributed by atoms with van der Waals surface area (Å²) in [5.41, 5.74) is 0. The van der Waals surface area contributed by atoms with Crippen molar-refractivity contribution in [3.63, 3.8) is 0 Å². The van der Waals surface area contributed by atoms with E-state index in [0.29, 0.717) is 17.4 Å². The topological polar surface area (TPSA) is 111 Å². The van der Waals surface area contributed by atoms with Crippen LogP contribution >= 0.6 is 7.82 Å². The number of phosphoric acid groups is 1. The first-order valence-corrected chi connectivity index (χ1v) is 35.1. The monoisotopic (exact) mass is 1140 g/mol. The molecule has 0 spiro atoms. The van der Waals surface area contributed by atoms with Crippen LogP contribution in [-0.2, 0) is 32.7 Å². The summed E-state index contributed by atoms with van der Waals surface area (Å²) in [5, 5.41) is 0. The third kappa shape index (κ3) is 64.6. The zero-order valence-corrected chi connectivity index (χ0v) is 53.9. The van der Waals surface area contributed by atoms with Gasteiger partial charge >= 0.3 is 11.9 Å². The molecule has 0 aromatic rings. The molecule has 0 rings (SSSR count). The SMILES string of the molecule is CC/C=C\C/C=C\C/C=C\C/C=C\CCCCCCCCCCCCCCCCCCCCC(=O)OC(COC(=O)CCCCCCCCCCCCCCC/C=C\C/C=C\CCCCCCC)COP(=O)([O-])OCC[N+](C)(C)C. The average molecular weight is 1140 g/mol. The minimum Gasteiger partial charge on any atom is -0.756 e. The second-order valence-electron chi connectivity index (χ2n) is 23.8. The molecule has 0 aromatic heterocycles. The molecule has 9 nitrogen and oxygen atoms in total. The van der Waals surface area contributed by atoms with Crippen LogP contribution in [0.4, 0.5) is 0 Å². The molecule has 466 valence electrons. The molecule has 0 aliphatic carbocycles. The number of ether oxygens (including phenoxy) is 2. The van der Waals surface area contributed by atoms with Crippen LogP contribution in [0.25, 0.3) is 0 Å². The standard InChI is InChI=1S/C70H128NO8P/c1-6-8-10-12-14-16-18-20-22-24-26-28-30-32-33-34-35-36-37-39-41-43-45-47-49-51-53-55-57-59-61-63-70(73)79-68(67-78-80(74,75)77-65-64-71(3,4)5)66-76-69(72)62-60-58-56-54-52-50-48-46-44-42-40-38-31-29-27-25-23-21-19-17-15-13-11-9-7-2/h8,10,14,16,19-22,25-28,68H,6-7,9,11-13,15,17-18,23-24,29-67H2,1-5H3/b10-8-,16-14-,21-19-,22-20-,27-25-,28-26-. The van der Waals surface area contributed by atoms with Gasteiger partial charge < -0.3 is 27.9 Å². The van der Waals surface area contributed by atoms with Crippen molar-refractivity contribution in [2.24, 2.45) is 0 Å². The number of rotatable bonds is 62. The van der Waals surface area contributed by atoms with Gasteiger partial charge in [-0.3, -0.25) is 14.2 Å². The summed E-state index contributed by atoms with van der Waals surface area (Å²) >= 11 is 0. The largest absolute Gasteiger partial charge is 0.756 e. The zero-order valence-electron chi connectivity index (χ0n) is 53.0. The molecule has 0 aliphatic rings. The molecule has 0 aromatic carbocycles. The Bertz CT molecular complexity index is 1580. The van der Waals surface area contributed by atoms with E-state index >= 15 is 0 Å². The van der Waals surface area contributed by atoms with E-state index in [2.05, 4.69) is 86.8 Å². The summed E-state index contributed by atoms with van der Waals surface area (Å²) in [6.07, 6.45) is 81.1. The zero-order chi connectivity index (χ0) is 58.4. The Morgan fingerprint density at radius 2 is 0.713 bits per heavy atom. The number of carbonyl (C=O) groups excluding carboxylic acids is 2. The summed E-state index contributed by atoms with van der Waals surface area (Å²) in [4.78, 5) is 38.0. The highest BCUT2D eigenvalue weighted by molar-refractivity contribution is 7.45. The van der Waals surface area contributed by atoms with E-state index in [4.69, 9.17) is 18.5 Å². The van der Waals surface area contributed by atoms with E-state index in [-0.39, 0.29) is 32.0 Å². The molecular weight excluding hydrogens is 1010 g/mol. The van der Waals surface area contributed by atoms with Crippen molar-refractivity contribution in [3.05, 3.63) is 72.9 Å². The molecule has 0 aliphatic heterocycles. The van der Waals surface area contributed by atoms with Gasteiger partial charge in [-0.15, -0.1) is 0 Å². The van der Waals surface area contributed by atoms with Crippen LogP contribution in [0.3, 0.4) is 0 Å². The van der Waals surface area contributed by atoms with Crippen molar-refractivity contribution >= 4 is 19.8 Å². The highest BCUT2D eigenvalue weighted by Crippen LogP contribution is 2.38. The van der Waals surface area contributed by atoms with Gasteiger partial charge in [-0.2, -0.15) is 0 Å². The number of quaternary nitrogens is 1. The molecule has 2 unspecified atom stereocenters. The first kappa shape index (κ1) is 77.5. The minimum atomic E-state index is -4.64. The fraction of sp³-hybridized carbons (Fsp3) is 0.800. The van der Waals surface area contributed by atoms with E-state index in [1.165, 1.54) is 205 Å². The summed E-state index contributed by atoms with van der Waals surface area (Å²) in [6, 6.07) is 0. The third-order valence-electron chi connectivity index (χ3n) is 14.7. The van der Waals surface area contributed by atoms with Gasteiger partial charge in [0.05, 0.1) is 27.7 Å². The van der Waals surface area contributed by atoms with Gasteiger partial charge in [0, 0.05) is 12.8 Å². The third-order valence-corrected chi connectivity index (χ3v) is 15.7. The van der Waals surface area contributed by atoms with Crippen molar-refractivity contribution in [1.29, 1.82) is 0 Å². The van der Waals surface area contributed by atoms with Crippen molar-refractivity contribution in [1.82, 2.24) is 0 Å². The number of carbonyl (C=O) groups is 2. The molecule has 0 radical (unpaired) electrons. The van der Waals surface area contributed by atoms with Crippen LogP contribution in [0, 0.1) is 0 Å². The number of unbranched alkanes of at least 4 members (excludes halogenated alkanes) is 36. The first-order valence-electron chi connectivity index (χ1n) is 33.6. The number of esters is 2. The molecule has 80 heavy (non-hydrogen) atoms. The number of allylic oxidation sites excluding steroid dienone is 12. The first-order chi connectivity index (χ1) is 39.0. The average Bonchev–Trinajstić information content (AvgIpc) is 3.42. The van der Waals surface area contributed by atoms with Gasteiger partial charge in [0.1, 0.15) is 19.8 Å². The Labute approximate surface area is 495 Å². The molecule has 2 atom stereocenters. The predicted octanol–water partition coefficient (Wildman–Crippen LogP) is 21.0. The highest BCUT2D eigenvalue weighted by Gasteiger charge is 2.22. The normalized spacial score (nSPS) is 13.6. The second-order valence-corrected chi connectivity index (χ2v) is 25.2. The summed E-state index contributed by atoms with van der Waals surface area (Å²) < 4.78 is 34.3. The Kier molecular flexibility index (Phi) is 59.1. The van der Waals surface area contributed by atoms with Crippen LogP contribution in [-0.4, -0.2) is 70.0 Å². The van der Waals surface area contributed by atoms with E-state index in [9.17, 15) is 19.0 Å². The van der Waals surface area contributed by atoms with Gasteiger partial charge in [0.2, 0.25) is 0 Å². The van der Waals surface area contributed by atoms with E-state index in [0.717, 1.165) is 70.6 Å². The predicted molar refractivity (Wildman–Crippen MR) is 342 cm³/mol. The van der Waals surface area contributed by atoms with Crippen LogP contribution in [0.5, 0.6) is 0 Å². The fourth-order valence-electron chi connectivity index (χ4n) is 9.56. The van der Waals surface area contributed by atoms with Crippen molar-refractivity contribution in [3.8, 4) is 0 Å². The lowest BCUT2D eigenvalue weighted by Gasteiger charge is -2.28. The maximum atomic E-state index is 12.9. The summed E-state index contributed by atoms with van der Waals surface area (Å²) in [6.45, 7) is 4.16. The molecule has 0 heterocycles. The quantitative estimate of drug-likeness (QED) is 0.0195. The van der Waals surface area contributed by atoms with Crippen molar-refractivity contribution in [2.75, 3.05) is 47.5 Å². The maximum absolute atomic E-state index is 12.9. The van der Waals surface area contributed by atoms with Gasteiger partial charge in [-0.25, -0.2) is 0 Å². The smallest absolute Gasteiger partial charge is 0.306 e. The lowest BCUT2D eigenvalue weighted by Crippen LogP contribution is -2.37. The molecule has 10 heteroatoms. The Balaban J connectivity index is 4.04. The lowest BCUT2D eigenvalue weighted by atomic mass is 10.0. The lowest BCUT2D eigenvalue weighted by molar-refractivity contribution is -0.870. The van der Waals surface area contributed by atoms with Crippen molar-refractivity contribution in [2.45, 2.75) is 315 Å². The van der Waals surface area contributed by atoms with Gasteiger partial charge in [0.25, 0.3) is 7.82 Å². The molecule has 0 amide bonds. The van der Waals surface area contributed by atoms with Crippen LogP contribution in [0.1, 0.15) is 309 Å². The molecule has 0 bridgehead atoms. The number of phosphoric ester groups is 1. The molecule has 0 saturated heterocycles. The molecule has 0 N–H and O–H groups in total. The molecule has 0 saturated carbocycles. The number of nitrogens with zero attached hydrogens (tertiary/aromatic N) is 1. The number of hydrogen-bond acceptors (Lipinski definition) is 8. The van der Waals surface area contributed by atoms with Crippen molar-refractivity contribution < 1.29 is 42.1 Å². The van der Waals surface area contributed by atoms with Crippen LogP contribution < -0.4 is 4.89 Å². The number of hydrogen-bond donors (Lipinski definition) is 0.